The lowest BCUT2D eigenvalue weighted by Gasteiger charge is -2.13. The maximum atomic E-state index is 12.3. The van der Waals surface area contributed by atoms with Gasteiger partial charge in [0.05, 0.1) is 19.2 Å². The molecule has 176 valence electrons. The fourth-order valence-electron chi connectivity index (χ4n) is 3.15. The van der Waals surface area contributed by atoms with Crippen molar-refractivity contribution >= 4 is 23.7 Å². The standard InChI is InChI=1S/C27H29N3O4/c1-4-33-25-15-22(17-28-30-26(31)16-21-8-6-5-7-9-21)11-13-24(25)34-18-27(32)29-23-12-10-19(2)20(3)14-23/h5-15,17H,4,16,18H2,1-3H3,(H,29,32)(H,30,31). The number of hydrogen-bond donors (Lipinski definition) is 2. The first-order valence-corrected chi connectivity index (χ1v) is 11.1. The predicted octanol–water partition coefficient (Wildman–Crippen LogP) is 4.41. The first-order chi connectivity index (χ1) is 16.4. The lowest BCUT2D eigenvalue weighted by molar-refractivity contribution is -0.120. The van der Waals surface area contributed by atoms with Gasteiger partial charge in [-0.15, -0.1) is 0 Å². The number of anilines is 1. The second-order valence-electron chi connectivity index (χ2n) is 7.73. The van der Waals surface area contributed by atoms with E-state index in [1.54, 1.807) is 18.2 Å². The molecule has 0 atom stereocenters. The van der Waals surface area contributed by atoms with Crippen LogP contribution in [0.15, 0.2) is 71.8 Å². The molecule has 0 unspecified atom stereocenters. The molecule has 0 saturated heterocycles. The van der Waals surface area contributed by atoms with Gasteiger partial charge >= 0.3 is 0 Å². The third kappa shape index (κ3) is 7.48. The number of hydrazone groups is 1. The zero-order chi connectivity index (χ0) is 24.3. The number of aryl methyl sites for hydroxylation is 2. The fraction of sp³-hybridized carbons (Fsp3) is 0.222. The highest BCUT2D eigenvalue weighted by Gasteiger charge is 2.10. The number of nitrogens with zero attached hydrogens (tertiary/aromatic N) is 1. The predicted molar refractivity (Wildman–Crippen MR) is 134 cm³/mol. The monoisotopic (exact) mass is 459 g/mol. The SMILES string of the molecule is CCOc1cc(C=NNC(=O)Cc2ccccc2)ccc1OCC(=O)Nc1ccc(C)c(C)c1. The Morgan fingerprint density at radius 1 is 0.882 bits per heavy atom. The van der Waals surface area contributed by atoms with Gasteiger partial charge in [-0.2, -0.15) is 5.10 Å². The highest BCUT2D eigenvalue weighted by atomic mass is 16.5. The Kier molecular flexibility index (Phi) is 8.80. The molecule has 0 aromatic heterocycles. The smallest absolute Gasteiger partial charge is 0.262 e. The first-order valence-electron chi connectivity index (χ1n) is 11.1. The summed E-state index contributed by atoms with van der Waals surface area (Å²) in [5, 5.41) is 6.85. The van der Waals surface area contributed by atoms with Crippen LogP contribution < -0.4 is 20.2 Å². The summed E-state index contributed by atoms with van der Waals surface area (Å²) >= 11 is 0. The molecule has 0 aliphatic heterocycles. The Morgan fingerprint density at radius 3 is 2.41 bits per heavy atom. The van der Waals surface area contributed by atoms with E-state index in [9.17, 15) is 9.59 Å². The van der Waals surface area contributed by atoms with E-state index < -0.39 is 0 Å². The van der Waals surface area contributed by atoms with Gasteiger partial charge in [-0.1, -0.05) is 36.4 Å². The third-order valence-electron chi connectivity index (χ3n) is 5.03. The first kappa shape index (κ1) is 24.5. The molecule has 0 aliphatic rings. The molecule has 0 spiro atoms. The summed E-state index contributed by atoms with van der Waals surface area (Å²) in [6.07, 6.45) is 1.78. The van der Waals surface area contributed by atoms with Crippen LogP contribution in [0.25, 0.3) is 0 Å². The molecule has 2 N–H and O–H groups in total. The number of ether oxygens (including phenoxy) is 2. The van der Waals surface area contributed by atoms with Crippen LogP contribution in [-0.4, -0.2) is 31.2 Å². The Morgan fingerprint density at radius 2 is 1.68 bits per heavy atom. The van der Waals surface area contributed by atoms with E-state index in [4.69, 9.17) is 9.47 Å². The van der Waals surface area contributed by atoms with Crippen molar-refractivity contribution < 1.29 is 19.1 Å². The number of nitrogens with one attached hydrogen (secondary N) is 2. The van der Waals surface area contributed by atoms with Crippen LogP contribution >= 0.6 is 0 Å². The Hall–Kier alpha value is -4.13. The Labute approximate surface area is 199 Å². The molecule has 2 amide bonds. The van der Waals surface area contributed by atoms with Crippen molar-refractivity contribution in [2.45, 2.75) is 27.2 Å². The quantitative estimate of drug-likeness (QED) is 0.347. The lowest BCUT2D eigenvalue weighted by Crippen LogP contribution is -2.20. The maximum Gasteiger partial charge on any atom is 0.262 e. The molecule has 3 aromatic rings. The van der Waals surface area contributed by atoms with E-state index in [1.165, 1.54) is 6.21 Å². The highest BCUT2D eigenvalue weighted by Crippen LogP contribution is 2.28. The van der Waals surface area contributed by atoms with Crippen LogP contribution in [0.5, 0.6) is 11.5 Å². The van der Waals surface area contributed by atoms with E-state index in [1.807, 2.05) is 69.3 Å². The number of amides is 2. The van der Waals surface area contributed by atoms with Crippen molar-refractivity contribution in [1.29, 1.82) is 0 Å². The molecule has 0 heterocycles. The summed E-state index contributed by atoms with van der Waals surface area (Å²) in [6.45, 7) is 6.15. The molecule has 0 bridgehead atoms. The minimum Gasteiger partial charge on any atom is -0.490 e. The van der Waals surface area contributed by atoms with Crippen molar-refractivity contribution in [3.8, 4) is 11.5 Å². The molecule has 0 aliphatic carbocycles. The second-order valence-corrected chi connectivity index (χ2v) is 7.73. The lowest BCUT2D eigenvalue weighted by atomic mass is 10.1. The number of hydrogen-bond acceptors (Lipinski definition) is 5. The summed E-state index contributed by atoms with van der Waals surface area (Å²) in [4.78, 5) is 24.3. The number of rotatable bonds is 10. The Balaban J connectivity index is 1.56. The van der Waals surface area contributed by atoms with Crippen LogP contribution in [0, 0.1) is 13.8 Å². The van der Waals surface area contributed by atoms with E-state index in [-0.39, 0.29) is 24.8 Å². The van der Waals surface area contributed by atoms with Crippen LogP contribution in [0.1, 0.15) is 29.2 Å². The summed E-state index contributed by atoms with van der Waals surface area (Å²) in [5.74, 6) is 0.461. The third-order valence-corrected chi connectivity index (χ3v) is 5.03. The number of benzene rings is 3. The molecule has 0 saturated carbocycles. The van der Waals surface area contributed by atoms with E-state index in [0.29, 0.717) is 18.1 Å². The molecule has 7 nitrogen and oxygen atoms in total. The van der Waals surface area contributed by atoms with Gasteiger partial charge in [0, 0.05) is 5.69 Å². The topological polar surface area (TPSA) is 89.0 Å². The van der Waals surface area contributed by atoms with Crippen molar-refractivity contribution in [3.05, 3.63) is 89.0 Å². The molecular weight excluding hydrogens is 430 g/mol. The van der Waals surface area contributed by atoms with Gasteiger partial charge in [0.25, 0.3) is 5.91 Å². The zero-order valence-corrected chi connectivity index (χ0v) is 19.6. The highest BCUT2D eigenvalue weighted by molar-refractivity contribution is 5.92. The van der Waals surface area contributed by atoms with Gasteiger partial charge in [0.2, 0.25) is 5.91 Å². The summed E-state index contributed by atoms with van der Waals surface area (Å²) in [6, 6.07) is 20.4. The van der Waals surface area contributed by atoms with Crippen LogP contribution in [0.2, 0.25) is 0 Å². The van der Waals surface area contributed by atoms with Gasteiger partial charge in [-0.25, -0.2) is 5.43 Å². The molecule has 7 heteroatoms. The van der Waals surface area contributed by atoms with E-state index in [2.05, 4.69) is 15.8 Å². The van der Waals surface area contributed by atoms with Crippen LogP contribution in [0.4, 0.5) is 5.69 Å². The second kappa shape index (κ2) is 12.2. The minimum atomic E-state index is -0.266. The normalized spacial score (nSPS) is 10.7. The molecule has 0 fully saturated rings. The van der Waals surface area contributed by atoms with E-state index >= 15 is 0 Å². The summed E-state index contributed by atoms with van der Waals surface area (Å²) in [7, 11) is 0. The van der Waals surface area contributed by atoms with Crippen molar-refractivity contribution in [2.75, 3.05) is 18.5 Å². The molecule has 0 radical (unpaired) electrons. The van der Waals surface area contributed by atoms with Gasteiger partial charge in [-0.3, -0.25) is 9.59 Å². The van der Waals surface area contributed by atoms with E-state index in [0.717, 1.165) is 27.9 Å². The van der Waals surface area contributed by atoms with Crippen molar-refractivity contribution in [3.63, 3.8) is 0 Å². The van der Waals surface area contributed by atoms with Gasteiger partial charge in [0.15, 0.2) is 18.1 Å². The largest absolute Gasteiger partial charge is 0.490 e. The van der Waals surface area contributed by atoms with Gasteiger partial charge in [-0.05, 0) is 73.4 Å². The molecule has 3 aromatic carbocycles. The van der Waals surface area contributed by atoms with Crippen LogP contribution in [-0.2, 0) is 16.0 Å². The Bertz CT molecular complexity index is 1160. The molecular formula is C27H29N3O4. The maximum absolute atomic E-state index is 12.3. The van der Waals surface area contributed by atoms with Crippen molar-refractivity contribution in [2.24, 2.45) is 5.10 Å². The molecule has 3 rings (SSSR count). The van der Waals surface area contributed by atoms with Crippen molar-refractivity contribution in [1.82, 2.24) is 5.43 Å². The minimum absolute atomic E-state index is 0.157. The van der Waals surface area contributed by atoms with Gasteiger partial charge < -0.3 is 14.8 Å². The summed E-state index contributed by atoms with van der Waals surface area (Å²) in [5.41, 5.74) is 7.14. The number of carbonyl (C=O) groups is 2. The zero-order valence-electron chi connectivity index (χ0n) is 19.6. The number of carbonyl (C=O) groups excluding carboxylic acids is 2. The summed E-state index contributed by atoms with van der Waals surface area (Å²) < 4.78 is 11.3. The van der Waals surface area contributed by atoms with Crippen LogP contribution in [0.3, 0.4) is 0 Å². The fourth-order valence-corrected chi connectivity index (χ4v) is 3.15. The molecule has 34 heavy (non-hydrogen) atoms. The average Bonchev–Trinajstić information content (AvgIpc) is 2.82. The average molecular weight is 460 g/mol. The van der Waals surface area contributed by atoms with Gasteiger partial charge in [0.1, 0.15) is 0 Å².